The summed E-state index contributed by atoms with van der Waals surface area (Å²) in [6, 6.07) is 4.13. The Morgan fingerprint density at radius 2 is 2.09 bits per heavy atom. The third-order valence-electron chi connectivity index (χ3n) is 4.88. The maximum atomic E-state index is 13.0. The van der Waals surface area contributed by atoms with Gasteiger partial charge in [-0.3, -0.25) is 14.5 Å². The molecule has 0 aromatic carbocycles. The van der Waals surface area contributed by atoms with Gasteiger partial charge in [-0.25, -0.2) is 0 Å². The van der Waals surface area contributed by atoms with Crippen molar-refractivity contribution in [2.45, 2.75) is 39.3 Å². The zero-order valence-electron chi connectivity index (χ0n) is 13.0. The summed E-state index contributed by atoms with van der Waals surface area (Å²) in [6.07, 6.45) is 7.38. The lowest BCUT2D eigenvalue weighted by Crippen LogP contribution is -2.57. The molecular weight excluding hydrogens is 276 g/mol. The van der Waals surface area contributed by atoms with Gasteiger partial charge >= 0.3 is 0 Å². The highest BCUT2D eigenvalue weighted by Crippen LogP contribution is 2.48. The Balaban J connectivity index is 1.66. The standard InChI is InChI=1S/C17H20N4O/c1-17(2)11-20(15(17)12-5-7-18-8-6-12)16(22)13-10-19-21-9-3-4-14(13)21/h5-8,10,15H,3-4,9,11H2,1-2H3. The lowest BCUT2D eigenvalue weighted by molar-refractivity contribution is -0.0323. The fraction of sp³-hybridized carbons (Fsp3) is 0.471. The quantitative estimate of drug-likeness (QED) is 0.855. The molecular formula is C17H20N4O. The zero-order valence-corrected chi connectivity index (χ0v) is 13.0. The number of aromatic nitrogens is 3. The Morgan fingerprint density at radius 1 is 1.32 bits per heavy atom. The molecule has 2 aliphatic heterocycles. The third-order valence-corrected chi connectivity index (χ3v) is 4.88. The molecule has 0 spiro atoms. The zero-order chi connectivity index (χ0) is 15.3. The van der Waals surface area contributed by atoms with Crippen LogP contribution in [0.25, 0.3) is 0 Å². The summed E-state index contributed by atoms with van der Waals surface area (Å²) >= 11 is 0. The third kappa shape index (κ3) is 1.88. The van der Waals surface area contributed by atoms with E-state index >= 15 is 0 Å². The van der Waals surface area contributed by atoms with Crippen molar-refractivity contribution in [3.8, 4) is 0 Å². The van der Waals surface area contributed by atoms with Gasteiger partial charge in [0.15, 0.2) is 0 Å². The second-order valence-corrected chi connectivity index (χ2v) is 6.94. The van der Waals surface area contributed by atoms with Gasteiger partial charge in [0.05, 0.1) is 23.5 Å². The summed E-state index contributed by atoms with van der Waals surface area (Å²) < 4.78 is 1.97. The molecule has 2 aromatic heterocycles. The summed E-state index contributed by atoms with van der Waals surface area (Å²) in [4.78, 5) is 19.0. The smallest absolute Gasteiger partial charge is 0.257 e. The fourth-order valence-corrected chi connectivity index (χ4v) is 3.89. The minimum Gasteiger partial charge on any atom is -0.330 e. The number of hydrogen-bond acceptors (Lipinski definition) is 3. The predicted molar refractivity (Wildman–Crippen MR) is 82.3 cm³/mol. The lowest BCUT2D eigenvalue weighted by Gasteiger charge is -2.54. The number of rotatable bonds is 2. The van der Waals surface area contributed by atoms with Gasteiger partial charge in [-0.05, 0) is 30.5 Å². The van der Waals surface area contributed by atoms with Gasteiger partial charge in [0.25, 0.3) is 5.91 Å². The first-order valence-electron chi connectivity index (χ1n) is 7.83. The number of aryl methyl sites for hydroxylation is 1. The van der Waals surface area contributed by atoms with Gasteiger partial charge in [-0.15, -0.1) is 0 Å². The van der Waals surface area contributed by atoms with Crippen molar-refractivity contribution in [2.24, 2.45) is 5.41 Å². The van der Waals surface area contributed by atoms with Crippen LogP contribution < -0.4 is 0 Å². The Labute approximate surface area is 130 Å². The Hall–Kier alpha value is -2.17. The van der Waals surface area contributed by atoms with Crippen LogP contribution in [0.15, 0.2) is 30.7 Å². The van der Waals surface area contributed by atoms with E-state index in [-0.39, 0.29) is 17.4 Å². The summed E-state index contributed by atoms with van der Waals surface area (Å²) in [7, 11) is 0. The minimum absolute atomic E-state index is 0.0906. The number of nitrogens with zero attached hydrogens (tertiary/aromatic N) is 4. The van der Waals surface area contributed by atoms with Crippen molar-refractivity contribution >= 4 is 5.91 Å². The van der Waals surface area contributed by atoms with Crippen LogP contribution in [0.1, 0.15) is 47.9 Å². The molecule has 1 saturated heterocycles. The number of hydrogen-bond donors (Lipinski definition) is 0. The number of fused-ring (bicyclic) bond motifs is 1. The molecule has 2 aromatic rings. The van der Waals surface area contributed by atoms with Gasteiger partial charge in [0.2, 0.25) is 0 Å². The topological polar surface area (TPSA) is 51.0 Å². The van der Waals surface area contributed by atoms with E-state index in [2.05, 4.69) is 23.9 Å². The maximum Gasteiger partial charge on any atom is 0.257 e. The number of carbonyl (C=O) groups excluding carboxylic acids is 1. The van der Waals surface area contributed by atoms with Gasteiger partial charge in [0.1, 0.15) is 0 Å². The Bertz CT molecular complexity index is 720. The van der Waals surface area contributed by atoms with Crippen LogP contribution >= 0.6 is 0 Å². The van der Waals surface area contributed by atoms with Crippen LogP contribution in [0.2, 0.25) is 0 Å². The van der Waals surface area contributed by atoms with E-state index in [1.54, 1.807) is 18.6 Å². The largest absolute Gasteiger partial charge is 0.330 e. The van der Waals surface area contributed by atoms with E-state index in [1.165, 1.54) is 0 Å². The van der Waals surface area contributed by atoms with Crippen molar-refractivity contribution in [2.75, 3.05) is 6.54 Å². The number of pyridine rings is 1. The molecule has 0 N–H and O–H groups in total. The van der Waals surface area contributed by atoms with E-state index < -0.39 is 0 Å². The van der Waals surface area contributed by atoms with Gasteiger partial charge in [0, 0.05) is 30.9 Å². The van der Waals surface area contributed by atoms with Gasteiger partial charge in [-0.2, -0.15) is 5.10 Å². The predicted octanol–water partition coefficient (Wildman–Crippen LogP) is 2.45. The van der Waals surface area contributed by atoms with Crippen LogP contribution in [-0.4, -0.2) is 32.1 Å². The van der Waals surface area contributed by atoms with Crippen molar-refractivity contribution in [1.29, 1.82) is 0 Å². The molecule has 4 heterocycles. The summed E-state index contributed by atoms with van der Waals surface area (Å²) in [5, 5.41) is 4.35. The molecule has 5 nitrogen and oxygen atoms in total. The summed E-state index contributed by atoms with van der Waals surface area (Å²) in [5.41, 5.74) is 3.13. The van der Waals surface area contributed by atoms with E-state index in [9.17, 15) is 4.79 Å². The molecule has 114 valence electrons. The van der Waals surface area contributed by atoms with Crippen LogP contribution in [0.3, 0.4) is 0 Å². The van der Waals surface area contributed by atoms with Crippen molar-refractivity contribution in [1.82, 2.24) is 19.7 Å². The molecule has 5 heteroatoms. The van der Waals surface area contributed by atoms with Crippen molar-refractivity contribution < 1.29 is 4.79 Å². The Morgan fingerprint density at radius 3 is 2.82 bits per heavy atom. The molecule has 22 heavy (non-hydrogen) atoms. The first kappa shape index (κ1) is 13.5. The first-order chi connectivity index (χ1) is 10.6. The average Bonchev–Trinajstić information content (AvgIpc) is 3.08. The molecule has 1 fully saturated rings. The normalized spacial score (nSPS) is 22.3. The summed E-state index contributed by atoms with van der Waals surface area (Å²) in [5.74, 6) is 0.115. The molecule has 0 radical (unpaired) electrons. The lowest BCUT2D eigenvalue weighted by atomic mass is 9.71. The summed E-state index contributed by atoms with van der Waals surface area (Å²) in [6.45, 7) is 6.14. The molecule has 4 rings (SSSR count). The van der Waals surface area contributed by atoms with Gasteiger partial charge in [-0.1, -0.05) is 13.8 Å². The molecule has 1 amide bonds. The Kier molecular flexibility index (Phi) is 2.86. The molecule has 0 bridgehead atoms. The average molecular weight is 296 g/mol. The van der Waals surface area contributed by atoms with Crippen LogP contribution in [-0.2, 0) is 13.0 Å². The monoisotopic (exact) mass is 296 g/mol. The van der Waals surface area contributed by atoms with Crippen LogP contribution in [0.5, 0.6) is 0 Å². The second kappa shape index (κ2) is 4.66. The fourth-order valence-electron chi connectivity index (χ4n) is 3.89. The van der Waals surface area contributed by atoms with Crippen molar-refractivity contribution in [3.63, 3.8) is 0 Å². The highest BCUT2D eigenvalue weighted by Gasteiger charge is 2.49. The molecule has 0 saturated carbocycles. The second-order valence-electron chi connectivity index (χ2n) is 6.94. The van der Waals surface area contributed by atoms with E-state index in [1.807, 2.05) is 21.7 Å². The molecule has 1 unspecified atom stereocenters. The van der Waals surface area contributed by atoms with Gasteiger partial charge < -0.3 is 4.90 Å². The van der Waals surface area contributed by atoms with E-state index in [0.29, 0.717) is 0 Å². The first-order valence-corrected chi connectivity index (χ1v) is 7.83. The van der Waals surface area contributed by atoms with E-state index in [4.69, 9.17) is 0 Å². The van der Waals surface area contributed by atoms with Crippen molar-refractivity contribution in [3.05, 3.63) is 47.5 Å². The SMILES string of the molecule is CC1(C)CN(C(=O)c2cnn3c2CCC3)C1c1ccncc1. The van der Waals surface area contributed by atoms with Crippen LogP contribution in [0, 0.1) is 5.41 Å². The maximum absolute atomic E-state index is 13.0. The molecule has 0 aliphatic carbocycles. The number of amides is 1. The van der Waals surface area contributed by atoms with Crippen LogP contribution in [0.4, 0.5) is 0 Å². The minimum atomic E-state index is 0.0906. The number of carbonyl (C=O) groups is 1. The van der Waals surface area contributed by atoms with E-state index in [0.717, 1.165) is 42.8 Å². The molecule has 1 atom stereocenters. The highest BCUT2D eigenvalue weighted by atomic mass is 16.2. The molecule has 2 aliphatic rings. The highest BCUT2D eigenvalue weighted by molar-refractivity contribution is 5.96. The number of likely N-dealkylation sites (tertiary alicyclic amines) is 1.